The first-order valence-electron chi connectivity index (χ1n) is 27.0. The maximum atomic E-state index is 2.28. The molecule has 4 bridgehead atoms. The van der Waals surface area contributed by atoms with E-state index >= 15 is 0 Å². The highest BCUT2D eigenvalue weighted by Crippen LogP contribution is 2.53. The van der Waals surface area contributed by atoms with Crippen LogP contribution in [0, 0.1) is 23.7 Å². The monoisotopic (exact) mass is 905 g/mol. The number of aryl methyl sites for hydroxylation is 6. The van der Waals surface area contributed by atoms with E-state index in [4.69, 9.17) is 0 Å². The van der Waals surface area contributed by atoms with Crippen molar-refractivity contribution >= 4 is 27.6 Å². The van der Waals surface area contributed by atoms with Crippen molar-refractivity contribution in [2.45, 2.75) is 122 Å². The maximum Gasteiger partial charge on any atom is -0.00882 e. The van der Waals surface area contributed by atoms with Gasteiger partial charge < -0.3 is 0 Å². The van der Waals surface area contributed by atoms with Gasteiger partial charge in [0, 0.05) is 0 Å². The lowest BCUT2D eigenvalue weighted by Crippen LogP contribution is -2.38. The first-order chi connectivity index (χ1) is 34.2. The summed E-state index contributed by atoms with van der Waals surface area (Å²) in [6, 6.07) is 68.3. The third-order valence-electron chi connectivity index (χ3n) is 15.8. The summed E-state index contributed by atoms with van der Waals surface area (Å²) in [5, 5.41) is 5.24. The lowest BCUT2D eigenvalue weighted by Gasteiger charge is -2.49. The molecular formula is C69H76. The lowest BCUT2D eigenvalue weighted by atomic mass is 9.56. The summed E-state index contributed by atoms with van der Waals surface area (Å²) in [4.78, 5) is 0. The average Bonchev–Trinajstić information content (AvgIpc) is 4.04. The average molecular weight is 905 g/mol. The molecule has 4 saturated carbocycles. The fourth-order valence-electron chi connectivity index (χ4n) is 12.5. The van der Waals surface area contributed by atoms with Crippen LogP contribution in [0.1, 0.15) is 122 Å². The van der Waals surface area contributed by atoms with Crippen molar-refractivity contribution in [3.8, 4) is 0 Å². The number of hydrogen-bond donors (Lipinski definition) is 0. The third kappa shape index (κ3) is 14.3. The Bertz CT molecular complexity index is 2480. The molecule has 8 aliphatic rings. The van der Waals surface area contributed by atoms with Crippen LogP contribution in [-0.2, 0) is 44.9 Å². The van der Waals surface area contributed by atoms with Crippen LogP contribution in [0.4, 0.5) is 0 Å². The van der Waals surface area contributed by atoms with Crippen molar-refractivity contribution in [1.29, 1.82) is 0 Å². The number of hydrogen-bond acceptors (Lipinski definition) is 0. The van der Waals surface area contributed by atoms with Gasteiger partial charge in [0.1, 0.15) is 0 Å². The smallest absolute Gasteiger partial charge is 0.00882 e. The molecule has 0 aliphatic heterocycles. The minimum absolute atomic E-state index is 1.12. The van der Waals surface area contributed by atoms with Crippen LogP contribution in [0.5, 0.6) is 0 Å². The summed E-state index contributed by atoms with van der Waals surface area (Å²) in [5.74, 6) is 4.71. The molecule has 0 radical (unpaired) electrons. The summed E-state index contributed by atoms with van der Waals surface area (Å²) in [6.45, 7) is 0. The highest BCUT2D eigenvalue weighted by molar-refractivity contribution is 5.82. The fourth-order valence-corrected chi connectivity index (χ4v) is 12.5. The minimum Gasteiger partial charge on any atom is -0.0795 e. The molecule has 8 aromatic carbocycles. The first-order valence-corrected chi connectivity index (χ1v) is 27.0. The molecule has 0 N–H and O–H groups in total. The Morgan fingerprint density at radius 1 is 0.232 bits per heavy atom. The Morgan fingerprint density at radius 2 is 0.478 bits per heavy atom. The second-order valence-electron chi connectivity index (χ2n) is 20.8. The largest absolute Gasteiger partial charge is 0.0795 e. The van der Waals surface area contributed by atoms with E-state index in [0.717, 1.165) is 6.42 Å². The zero-order valence-corrected chi connectivity index (χ0v) is 41.4. The van der Waals surface area contributed by atoms with Crippen molar-refractivity contribution in [1.82, 2.24) is 0 Å². The van der Waals surface area contributed by atoms with E-state index in [0.29, 0.717) is 0 Å². The van der Waals surface area contributed by atoms with E-state index in [1.165, 1.54) is 133 Å². The van der Waals surface area contributed by atoms with Crippen molar-refractivity contribution in [2.24, 2.45) is 23.7 Å². The molecule has 0 atom stereocenters. The van der Waals surface area contributed by atoms with Crippen LogP contribution in [0.15, 0.2) is 200 Å². The van der Waals surface area contributed by atoms with Gasteiger partial charge in [-0.2, -0.15) is 0 Å². The lowest BCUT2D eigenvalue weighted by molar-refractivity contribution is 0.0198. The molecule has 0 nitrogen and oxygen atoms in total. The second kappa shape index (κ2) is 25.6. The van der Waals surface area contributed by atoms with E-state index in [1.807, 2.05) is 0 Å². The zero-order valence-electron chi connectivity index (χ0n) is 41.4. The number of allylic oxidation sites excluding steroid dienone is 1. The summed E-state index contributed by atoms with van der Waals surface area (Å²) in [6.07, 6.45) is 31.2. The summed E-state index contributed by atoms with van der Waals surface area (Å²) < 4.78 is 0. The van der Waals surface area contributed by atoms with Gasteiger partial charge in [0.05, 0.1) is 0 Å². The van der Waals surface area contributed by atoms with Crippen LogP contribution < -0.4 is 0 Å². The molecule has 69 heavy (non-hydrogen) atoms. The number of fused-ring (bicyclic) bond motifs is 6. The Labute approximate surface area is 416 Å². The molecule has 0 heterocycles. The van der Waals surface area contributed by atoms with Crippen LogP contribution in [-0.4, -0.2) is 0 Å². The van der Waals surface area contributed by atoms with E-state index in [1.54, 1.807) is 71.9 Å². The van der Waals surface area contributed by atoms with E-state index in [-0.39, 0.29) is 0 Å². The van der Waals surface area contributed by atoms with Crippen LogP contribution in [0.25, 0.3) is 27.6 Å². The van der Waals surface area contributed by atoms with Gasteiger partial charge in [-0.1, -0.05) is 213 Å². The number of rotatable bonds is 0. The molecule has 352 valence electrons. The number of benzene rings is 8. The Morgan fingerprint density at radius 3 is 0.783 bits per heavy atom. The van der Waals surface area contributed by atoms with Crippen LogP contribution >= 0.6 is 0 Å². The molecular weight excluding hydrogens is 829 g/mol. The van der Waals surface area contributed by atoms with E-state index in [2.05, 4.69) is 206 Å². The molecule has 0 heteroatoms. The van der Waals surface area contributed by atoms with E-state index < -0.39 is 0 Å². The van der Waals surface area contributed by atoms with Gasteiger partial charge in [0.15, 0.2) is 0 Å². The van der Waals surface area contributed by atoms with Crippen molar-refractivity contribution in [3.63, 3.8) is 0 Å². The fraction of sp³-hybridized carbons (Fsp3) is 0.333. The molecule has 8 aliphatic carbocycles. The van der Waals surface area contributed by atoms with Gasteiger partial charge in [-0.05, 0) is 205 Å². The molecule has 0 spiro atoms. The van der Waals surface area contributed by atoms with Crippen molar-refractivity contribution < 1.29 is 0 Å². The topological polar surface area (TPSA) is 0 Å². The predicted octanol–water partition coefficient (Wildman–Crippen LogP) is 18.5. The Kier molecular flexibility index (Phi) is 17.8. The standard InChI is InChI=1S/C11H14.C10H16.C10H12.2C10H8.C9H10.C9H8/c1-2-6-10-8-4-5-9-11(10)7-3-1;1-7-2-9-4-8(1)5-10(3-7)6-9;3*1-2-6-10-8-4-3-7-9(10)5-1;2*1-2-5-9-7-3-6-8(9)4-1/h4-5,8-9H,1-3,6-7H2;7-10H,1-6H2;1-2,5-6H,3-4,7-8H2;2*1-8H;1-2,4-5H,3,6-7H2;1-6H,7H2. The van der Waals surface area contributed by atoms with Crippen LogP contribution in [0.3, 0.4) is 0 Å². The maximum absolute atomic E-state index is 2.28. The molecule has 0 unspecified atom stereocenters. The summed E-state index contributed by atoms with van der Waals surface area (Å²) in [7, 11) is 0. The van der Waals surface area contributed by atoms with Gasteiger partial charge in [-0.3, -0.25) is 0 Å². The molecule has 0 saturated heterocycles. The van der Waals surface area contributed by atoms with Gasteiger partial charge in [0.2, 0.25) is 0 Å². The Balaban J connectivity index is 0.000000100. The van der Waals surface area contributed by atoms with E-state index in [9.17, 15) is 0 Å². The van der Waals surface area contributed by atoms with Gasteiger partial charge in [-0.25, -0.2) is 0 Å². The van der Waals surface area contributed by atoms with Gasteiger partial charge in [0.25, 0.3) is 0 Å². The normalized spacial score (nSPS) is 20.2. The van der Waals surface area contributed by atoms with Crippen LogP contribution in [0.2, 0.25) is 0 Å². The Hall–Kier alpha value is -5.98. The predicted molar refractivity (Wildman–Crippen MR) is 298 cm³/mol. The molecule has 0 aromatic heterocycles. The minimum atomic E-state index is 1.12. The summed E-state index contributed by atoms with van der Waals surface area (Å²) in [5.41, 5.74) is 12.3. The molecule has 4 fully saturated rings. The molecule has 8 aromatic rings. The second-order valence-corrected chi connectivity index (χ2v) is 20.8. The summed E-state index contributed by atoms with van der Waals surface area (Å²) >= 11 is 0. The SMILES string of the molecule is C1=Cc2ccccc2C1.C1C2CC3CC1CC(C2)C3.c1ccc2c(c1)CCC2.c1ccc2c(c1)CCCC2.c1ccc2c(c1)CCCCC2.c1ccc2ccccc2c1.c1ccc2ccccc2c1. The zero-order chi connectivity index (χ0) is 46.7. The van der Waals surface area contributed by atoms with Gasteiger partial charge in [-0.15, -0.1) is 0 Å². The van der Waals surface area contributed by atoms with Crippen molar-refractivity contribution in [3.05, 3.63) is 245 Å². The van der Waals surface area contributed by atoms with Gasteiger partial charge >= 0.3 is 0 Å². The highest BCUT2D eigenvalue weighted by Gasteiger charge is 2.41. The highest BCUT2D eigenvalue weighted by atomic mass is 14.5. The molecule has 16 rings (SSSR count). The first kappa shape index (κ1) is 48.1. The quantitative estimate of drug-likeness (QED) is 0.133. The molecule has 0 amide bonds. The third-order valence-corrected chi connectivity index (χ3v) is 15.8. The van der Waals surface area contributed by atoms with Crippen molar-refractivity contribution in [2.75, 3.05) is 0 Å².